The zero-order valence-electron chi connectivity index (χ0n) is 14.0. The third-order valence-electron chi connectivity index (χ3n) is 3.52. The molecule has 5 nitrogen and oxygen atoms in total. The molecule has 0 aliphatic heterocycles. The average Bonchev–Trinajstić information content (AvgIpc) is 2.58. The molecular formula is C18H26O5. The van der Waals surface area contributed by atoms with Crippen LogP contribution >= 0.6 is 0 Å². The number of rotatable bonds is 10. The molecule has 128 valence electrons. The van der Waals surface area contributed by atoms with Gasteiger partial charge in [-0.2, -0.15) is 0 Å². The molecule has 0 radical (unpaired) electrons. The van der Waals surface area contributed by atoms with Crippen molar-refractivity contribution in [2.75, 3.05) is 7.11 Å². The smallest absolute Gasteiger partial charge is 0.390 e. The van der Waals surface area contributed by atoms with Crippen LogP contribution in [0.2, 0.25) is 0 Å². The molecule has 1 aromatic carbocycles. The van der Waals surface area contributed by atoms with Crippen LogP contribution in [-0.2, 0) is 14.6 Å². The normalized spacial score (nSPS) is 10.2. The van der Waals surface area contributed by atoms with E-state index in [1.165, 1.54) is 32.8 Å². The molecule has 0 N–H and O–H groups in total. The molecule has 0 atom stereocenters. The van der Waals surface area contributed by atoms with E-state index in [9.17, 15) is 9.59 Å². The van der Waals surface area contributed by atoms with E-state index in [-0.39, 0.29) is 12.0 Å². The maximum atomic E-state index is 11.8. The minimum Gasteiger partial charge on any atom is -0.496 e. The minimum absolute atomic E-state index is 0.221. The topological polar surface area (TPSA) is 61.8 Å². The van der Waals surface area contributed by atoms with Crippen molar-refractivity contribution < 1.29 is 24.1 Å². The lowest BCUT2D eigenvalue weighted by Gasteiger charge is -2.07. The van der Waals surface area contributed by atoms with E-state index in [0.29, 0.717) is 5.75 Å². The summed E-state index contributed by atoms with van der Waals surface area (Å²) in [7, 11) is 1.46. The molecule has 0 aromatic heterocycles. The van der Waals surface area contributed by atoms with Gasteiger partial charge in [-0.15, -0.1) is 0 Å². The van der Waals surface area contributed by atoms with E-state index in [0.717, 1.165) is 19.3 Å². The lowest BCUT2D eigenvalue weighted by atomic mass is 10.1. The summed E-state index contributed by atoms with van der Waals surface area (Å²) in [5.74, 6) is -0.891. The molecule has 0 bridgehead atoms. The number of benzene rings is 1. The minimum atomic E-state index is -0.740. The largest absolute Gasteiger partial charge is 0.496 e. The second kappa shape index (κ2) is 11.5. The Kier molecular flexibility index (Phi) is 9.52. The number of carbonyl (C=O) groups is 2. The van der Waals surface area contributed by atoms with Crippen molar-refractivity contribution in [1.82, 2.24) is 0 Å². The molecule has 1 aromatic rings. The first-order chi connectivity index (χ1) is 11.2. The van der Waals surface area contributed by atoms with Crippen molar-refractivity contribution in [3.05, 3.63) is 29.8 Å². The summed E-state index contributed by atoms with van der Waals surface area (Å²) in [6.45, 7) is 2.18. The van der Waals surface area contributed by atoms with E-state index in [2.05, 4.69) is 16.7 Å². The molecule has 0 heterocycles. The van der Waals surface area contributed by atoms with Crippen LogP contribution < -0.4 is 4.74 Å². The summed E-state index contributed by atoms with van der Waals surface area (Å²) >= 11 is 0. The Balaban J connectivity index is 2.19. The van der Waals surface area contributed by atoms with Gasteiger partial charge in [-0.25, -0.2) is 19.4 Å². The van der Waals surface area contributed by atoms with Crippen LogP contribution in [0, 0.1) is 0 Å². The van der Waals surface area contributed by atoms with Crippen molar-refractivity contribution in [1.29, 1.82) is 0 Å². The van der Waals surface area contributed by atoms with Crippen molar-refractivity contribution in [3.63, 3.8) is 0 Å². The fraction of sp³-hybridized carbons (Fsp3) is 0.556. The predicted molar refractivity (Wildman–Crippen MR) is 87.1 cm³/mol. The van der Waals surface area contributed by atoms with Crippen LogP contribution in [0.25, 0.3) is 0 Å². The standard InChI is InChI=1S/C18H26O5/c1-3-4-5-6-7-8-9-14-17(19)22-23-18(20)15-12-10-11-13-16(15)21-2/h10-13H,3-9,14H2,1-2H3. The SMILES string of the molecule is CCCCCCCCCC(=O)OOC(=O)c1ccccc1OC. The van der Waals surface area contributed by atoms with Gasteiger partial charge in [0.25, 0.3) is 0 Å². The van der Waals surface area contributed by atoms with E-state index < -0.39 is 11.9 Å². The van der Waals surface area contributed by atoms with Crippen LogP contribution in [0.3, 0.4) is 0 Å². The van der Waals surface area contributed by atoms with E-state index in [1.807, 2.05) is 0 Å². The Bertz CT molecular complexity index is 484. The van der Waals surface area contributed by atoms with Gasteiger partial charge in [0.15, 0.2) is 0 Å². The molecule has 1 rings (SSSR count). The molecule has 0 unspecified atom stereocenters. The van der Waals surface area contributed by atoms with Crippen molar-refractivity contribution in [3.8, 4) is 5.75 Å². The third-order valence-corrected chi connectivity index (χ3v) is 3.52. The van der Waals surface area contributed by atoms with Gasteiger partial charge < -0.3 is 4.74 Å². The maximum Gasteiger partial charge on any atom is 0.390 e. The first kappa shape index (κ1) is 19.0. The highest BCUT2D eigenvalue weighted by Crippen LogP contribution is 2.18. The number of para-hydroxylation sites is 1. The van der Waals surface area contributed by atoms with Crippen molar-refractivity contribution >= 4 is 11.9 Å². The van der Waals surface area contributed by atoms with Gasteiger partial charge in [-0.3, -0.25) is 0 Å². The summed E-state index contributed by atoms with van der Waals surface area (Å²) in [5, 5.41) is 0. The second-order valence-corrected chi connectivity index (χ2v) is 5.40. The van der Waals surface area contributed by atoms with E-state index >= 15 is 0 Å². The Morgan fingerprint density at radius 2 is 1.57 bits per heavy atom. The van der Waals surface area contributed by atoms with E-state index in [1.54, 1.807) is 24.3 Å². The molecule has 0 fully saturated rings. The summed E-state index contributed by atoms with van der Waals surface area (Å²) in [6.07, 6.45) is 8.05. The monoisotopic (exact) mass is 322 g/mol. The van der Waals surface area contributed by atoms with Gasteiger partial charge >= 0.3 is 11.9 Å². The Hall–Kier alpha value is -2.04. The number of ether oxygens (including phenoxy) is 1. The van der Waals surface area contributed by atoms with Gasteiger partial charge in [-0.1, -0.05) is 57.6 Å². The van der Waals surface area contributed by atoms with E-state index in [4.69, 9.17) is 4.74 Å². The molecule has 0 aliphatic rings. The fourth-order valence-corrected chi connectivity index (χ4v) is 2.21. The van der Waals surface area contributed by atoms with Gasteiger partial charge in [0.1, 0.15) is 11.3 Å². The number of hydrogen-bond donors (Lipinski definition) is 0. The molecule has 0 saturated heterocycles. The zero-order chi connectivity index (χ0) is 16.9. The van der Waals surface area contributed by atoms with Gasteiger partial charge in [0, 0.05) is 0 Å². The molecule has 0 amide bonds. The molecule has 0 saturated carbocycles. The number of unbranched alkanes of at least 4 members (excludes halogenated alkanes) is 6. The second-order valence-electron chi connectivity index (χ2n) is 5.40. The molecule has 0 spiro atoms. The lowest BCUT2D eigenvalue weighted by Crippen LogP contribution is -2.12. The Morgan fingerprint density at radius 1 is 0.913 bits per heavy atom. The van der Waals surface area contributed by atoms with Crippen molar-refractivity contribution in [2.45, 2.75) is 58.3 Å². The summed E-state index contributed by atoms with van der Waals surface area (Å²) in [6, 6.07) is 6.60. The maximum absolute atomic E-state index is 11.8. The number of carbonyl (C=O) groups excluding carboxylic acids is 2. The molecule has 5 heteroatoms. The summed E-state index contributed by atoms with van der Waals surface area (Å²) in [5.41, 5.74) is 0.221. The Morgan fingerprint density at radius 3 is 2.26 bits per heavy atom. The number of methoxy groups -OCH3 is 1. The van der Waals surface area contributed by atoms with Gasteiger partial charge in [0.2, 0.25) is 0 Å². The zero-order valence-corrected chi connectivity index (χ0v) is 14.0. The van der Waals surface area contributed by atoms with Crippen LogP contribution in [0.15, 0.2) is 24.3 Å². The predicted octanol–water partition coefficient (Wildman–Crippen LogP) is 4.45. The van der Waals surface area contributed by atoms with Crippen LogP contribution in [0.4, 0.5) is 0 Å². The number of hydrogen-bond acceptors (Lipinski definition) is 5. The average molecular weight is 322 g/mol. The highest BCUT2D eigenvalue weighted by atomic mass is 17.2. The summed E-state index contributed by atoms with van der Waals surface area (Å²) < 4.78 is 5.05. The molecule has 23 heavy (non-hydrogen) atoms. The molecule has 0 aliphatic carbocycles. The first-order valence-electron chi connectivity index (χ1n) is 8.23. The third kappa shape index (κ3) is 7.68. The summed E-state index contributed by atoms with van der Waals surface area (Å²) in [4.78, 5) is 32.5. The van der Waals surface area contributed by atoms with Gasteiger partial charge in [0.05, 0.1) is 13.5 Å². The van der Waals surface area contributed by atoms with Gasteiger partial charge in [-0.05, 0) is 18.6 Å². The van der Waals surface area contributed by atoms with Crippen LogP contribution in [-0.4, -0.2) is 19.0 Å². The quantitative estimate of drug-likeness (QED) is 0.362. The fourth-order valence-electron chi connectivity index (χ4n) is 2.21. The van der Waals surface area contributed by atoms with Crippen LogP contribution in [0.5, 0.6) is 5.75 Å². The highest BCUT2D eigenvalue weighted by Gasteiger charge is 2.16. The molecular weight excluding hydrogens is 296 g/mol. The highest BCUT2D eigenvalue weighted by molar-refractivity contribution is 5.92. The first-order valence-corrected chi connectivity index (χ1v) is 8.23. The van der Waals surface area contributed by atoms with Crippen LogP contribution in [0.1, 0.15) is 68.6 Å². The van der Waals surface area contributed by atoms with Crippen molar-refractivity contribution in [2.24, 2.45) is 0 Å². The Labute approximate surface area is 137 Å². The lowest BCUT2D eigenvalue weighted by molar-refractivity contribution is -0.234.